The number of rotatable bonds is 11. The highest BCUT2D eigenvalue weighted by Crippen LogP contribution is 2.01. The molecule has 1 amide bonds. The van der Waals surface area contributed by atoms with E-state index in [1.54, 1.807) is 0 Å². The van der Waals surface area contributed by atoms with Gasteiger partial charge in [0.05, 0.1) is 0 Å². The average Bonchev–Trinajstić information content (AvgIpc) is 2.34. The fraction of sp³-hybridized carbons (Fsp3) is 0.692. The molecule has 0 bridgehead atoms. The second kappa shape index (κ2) is 10.8. The molecule has 3 N–H and O–H groups in total. The van der Waals surface area contributed by atoms with Crippen molar-refractivity contribution in [1.29, 1.82) is 0 Å². The first-order valence-corrected chi connectivity index (χ1v) is 6.41. The Balaban J connectivity index is 4.09. The van der Waals surface area contributed by atoms with Gasteiger partial charge in [-0.2, -0.15) is 0 Å². The first-order chi connectivity index (χ1) is 8.61. The molecule has 0 rings (SSSR count). The maximum atomic E-state index is 11.7. The average molecular weight is 256 g/mol. The van der Waals surface area contributed by atoms with Crippen LogP contribution in [0.15, 0.2) is 12.7 Å². The Bertz CT molecular complexity index is 267. The SMILES string of the molecule is C=CCOC(=O)[C@H](CCC(N)=O)NCCCCC. The van der Waals surface area contributed by atoms with Crippen LogP contribution < -0.4 is 11.1 Å². The largest absolute Gasteiger partial charge is 0.460 e. The monoisotopic (exact) mass is 256 g/mol. The summed E-state index contributed by atoms with van der Waals surface area (Å²) in [6.45, 7) is 6.51. The number of carbonyl (C=O) groups is 2. The van der Waals surface area contributed by atoms with Gasteiger partial charge in [0.25, 0.3) is 0 Å². The lowest BCUT2D eigenvalue weighted by atomic mass is 10.1. The minimum absolute atomic E-state index is 0.175. The Morgan fingerprint density at radius 1 is 1.44 bits per heavy atom. The molecule has 0 radical (unpaired) electrons. The number of carbonyl (C=O) groups excluding carboxylic acids is 2. The van der Waals surface area contributed by atoms with Crippen molar-refractivity contribution in [1.82, 2.24) is 5.32 Å². The van der Waals surface area contributed by atoms with Crippen LogP contribution in [0.4, 0.5) is 0 Å². The zero-order valence-electron chi connectivity index (χ0n) is 11.1. The second-order valence-electron chi connectivity index (χ2n) is 4.14. The third kappa shape index (κ3) is 8.75. The first kappa shape index (κ1) is 16.6. The molecule has 0 fully saturated rings. The van der Waals surface area contributed by atoms with Crippen LogP contribution in [0.3, 0.4) is 0 Å². The number of esters is 1. The number of primary amides is 1. The molecule has 18 heavy (non-hydrogen) atoms. The van der Waals surface area contributed by atoms with Crippen LogP contribution in [0.1, 0.15) is 39.0 Å². The highest BCUT2D eigenvalue weighted by atomic mass is 16.5. The molecule has 0 saturated carbocycles. The van der Waals surface area contributed by atoms with Crippen LogP contribution in [-0.4, -0.2) is 31.1 Å². The van der Waals surface area contributed by atoms with Gasteiger partial charge in [-0.05, 0) is 19.4 Å². The molecule has 0 aromatic heterocycles. The van der Waals surface area contributed by atoms with E-state index in [4.69, 9.17) is 10.5 Å². The first-order valence-electron chi connectivity index (χ1n) is 6.41. The molecular weight excluding hydrogens is 232 g/mol. The van der Waals surface area contributed by atoms with Crippen molar-refractivity contribution in [2.75, 3.05) is 13.2 Å². The van der Waals surface area contributed by atoms with Crippen molar-refractivity contribution in [2.24, 2.45) is 5.73 Å². The molecule has 5 heteroatoms. The van der Waals surface area contributed by atoms with E-state index in [0.29, 0.717) is 6.42 Å². The van der Waals surface area contributed by atoms with Crippen LogP contribution >= 0.6 is 0 Å². The van der Waals surface area contributed by atoms with E-state index in [0.717, 1.165) is 25.8 Å². The summed E-state index contributed by atoms with van der Waals surface area (Å²) in [6.07, 6.45) is 5.29. The molecule has 0 aromatic rings. The van der Waals surface area contributed by atoms with E-state index in [9.17, 15) is 9.59 Å². The van der Waals surface area contributed by atoms with E-state index >= 15 is 0 Å². The number of hydrogen-bond donors (Lipinski definition) is 2. The normalized spacial score (nSPS) is 11.8. The molecule has 0 heterocycles. The molecule has 1 atom stereocenters. The number of nitrogens with two attached hydrogens (primary N) is 1. The van der Waals surface area contributed by atoms with Gasteiger partial charge in [-0.1, -0.05) is 32.4 Å². The van der Waals surface area contributed by atoms with Gasteiger partial charge in [-0.15, -0.1) is 0 Å². The predicted octanol–water partition coefficient (Wildman–Crippen LogP) is 1.13. The molecular formula is C13H24N2O3. The molecule has 0 aliphatic heterocycles. The van der Waals surface area contributed by atoms with Crippen LogP contribution in [0.5, 0.6) is 0 Å². The maximum absolute atomic E-state index is 11.7. The molecule has 0 unspecified atom stereocenters. The number of unbranched alkanes of at least 4 members (excludes halogenated alkanes) is 2. The Morgan fingerprint density at radius 3 is 2.72 bits per heavy atom. The Morgan fingerprint density at radius 2 is 2.17 bits per heavy atom. The van der Waals surface area contributed by atoms with Gasteiger partial charge in [0.2, 0.25) is 5.91 Å². The van der Waals surface area contributed by atoms with Crippen molar-refractivity contribution in [2.45, 2.75) is 45.1 Å². The van der Waals surface area contributed by atoms with Gasteiger partial charge in [-0.3, -0.25) is 9.59 Å². The Labute approximate surface area is 109 Å². The highest BCUT2D eigenvalue weighted by molar-refractivity contribution is 5.78. The second-order valence-corrected chi connectivity index (χ2v) is 4.14. The third-order valence-corrected chi connectivity index (χ3v) is 2.48. The van der Waals surface area contributed by atoms with Gasteiger partial charge in [0, 0.05) is 6.42 Å². The molecule has 104 valence electrons. The molecule has 0 saturated heterocycles. The minimum Gasteiger partial charge on any atom is -0.460 e. The topological polar surface area (TPSA) is 81.4 Å². The van der Waals surface area contributed by atoms with Crippen molar-refractivity contribution in [3.63, 3.8) is 0 Å². The van der Waals surface area contributed by atoms with E-state index in [1.807, 2.05) is 0 Å². The summed E-state index contributed by atoms with van der Waals surface area (Å²) in [5.74, 6) is -0.764. The lowest BCUT2D eigenvalue weighted by Gasteiger charge is -2.16. The zero-order chi connectivity index (χ0) is 13.8. The summed E-state index contributed by atoms with van der Waals surface area (Å²) in [5.41, 5.74) is 5.08. The van der Waals surface area contributed by atoms with Gasteiger partial charge in [0.1, 0.15) is 12.6 Å². The molecule has 5 nitrogen and oxygen atoms in total. The minimum atomic E-state index is -0.464. The van der Waals surface area contributed by atoms with Crippen molar-refractivity contribution >= 4 is 11.9 Å². The third-order valence-electron chi connectivity index (χ3n) is 2.48. The smallest absolute Gasteiger partial charge is 0.323 e. The number of amides is 1. The quantitative estimate of drug-likeness (QED) is 0.330. The molecule has 0 aromatic carbocycles. The standard InChI is InChI=1S/C13H24N2O3/c1-3-5-6-9-15-11(7-8-12(14)16)13(17)18-10-4-2/h4,11,15H,2-3,5-10H2,1H3,(H2,14,16)/t11-/m0/s1. The van der Waals surface area contributed by atoms with E-state index in [2.05, 4.69) is 18.8 Å². The Hall–Kier alpha value is -1.36. The summed E-state index contributed by atoms with van der Waals surface area (Å²) in [7, 11) is 0. The van der Waals surface area contributed by atoms with Crippen molar-refractivity contribution in [3.8, 4) is 0 Å². The predicted molar refractivity (Wildman–Crippen MR) is 70.9 cm³/mol. The van der Waals surface area contributed by atoms with E-state index in [-0.39, 0.29) is 19.0 Å². The Kier molecular flexibility index (Phi) is 9.96. The fourth-order valence-corrected chi connectivity index (χ4v) is 1.48. The van der Waals surface area contributed by atoms with Crippen molar-refractivity contribution in [3.05, 3.63) is 12.7 Å². The number of ether oxygens (including phenoxy) is 1. The van der Waals surface area contributed by atoms with Gasteiger partial charge >= 0.3 is 5.97 Å². The molecule has 0 aliphatic carbocycles. The summed E-state index contributed by atoms with van der Waals surface area (Å²) in [4.78, 5) is 22.4. The van der Waals surface area contributed by atoms with Crippen LogP contribution in [0.2, 0.25) is 0 Å². The highest BCUT2D eigenvalue weighted by Gasteiger charge is 2.19. The summed E-state index contributed by atoms with van der Waals surface area (Å²) < 4.78 is 4.97. The summed E-state index contributed by atoms with van der Waals surface area (Å²) in [6, 6.07) is -0.464. The maximum Gasteiger partial charge on any atom is 0.323 e. The van der Waals surface area contributed by atoms with E-state index in [1.165, 1.54) is 6.08 Å². The summed E-state index contributed by atoms with van der Waals surface area (Å²) in [5, 5.41) is 3.10. The fourth-order valence-electron chi connectivity index (χ4n) is 1.48. The van der Waals surface area contributed by atoms with Crippen LogP contribution in [0.25, 0.3) is 0 Å². The zero-order valence-corrected chi connectivity index (χ0v) is 11.1. The molecule has 0 spiro atoms. The van der Waals surface area contributed by atoms with Gasteiger partial charge in [0.15, 0.2) is 0 Å². The lowest BCUT2D eigenvalue weighted by Crippen LogP contribution is -2.39. The van der Waals surface area contributed by atoms with E-state index < -0.39 is 11.9 Å². The lowest BCUT2D eigenvalue weighted by molar-refractivity contribution is -0.145. The van der Waals surface area contributed by atoms with Crippen LogP contribution in [-0.2, 0) is 14.3 Å². The number of nitrogens with one attached hydrogen (secondary N) is 1. The molecule has 0 aliphatic rings. The van der Waals surface area contributed by atoms with Crippen molar-refractivity contribution < 1.29 is 14.3 Å². The van der Waals surface area contributed by atoms with Gasteiger partial charge < -0.3 is 15.8 Å². The van der Waals surface area contributed by atoms with Gasteiger partial charge in [-0.25, -0.2) is 0 Å². The summed E-state index contributed by atoms with van der Waals surface area (Å²) >= 11 is 0. The number of hydrogen-bond acceptors (Lipinski definition) is 4. The van der Waals surface area contributed by atoms with Crippen LogP contribution in [0, 0.1) is 0 Å².